The topological polar surface area (TPSA) is 27.7 Å². The van der Waals surface area contributed by atoms with Crippen LogP contribution in [0.2, 0.25) is 0 Å². The first-order chi connectivity index (χ1) is 21.6. The van der Waals surface area contributed by atoms with Gasteiger partial charge in [-0.3, -0.25) is 0 Å². The molecule has 3 saturated heterocycles. The lowest BCUT2D eigenvalue weighted by Crippen LogP contribution is -2.60. The van der Waals surface area contributed by atoms with Gasteiger partial charge < -0.3 is 14.2 Å². The van der Waals surface area contributed by atoms with Gasteiger partial charge in [-0.1, -0.05) is 62.6 Å². The molecule has 4 aromatic rings. The molecule has 0 N–H and O–H groups in total. The predicted octanol–water partition coefficient (Wildman–Crippen LogP) is 9.75. The third-order valence-electron chi connectivity index (χ3n) is 8.71. The van der Waals surface area contributed by atoms with Gasteiger partial charge in [-0.15, -0.1) is 0 Å². The van der Waals surface area contributed by atoms with Crippen LogP contribution >= 0.6 is 0 Å². The summed E-state index contributed by atoms with van der Waals surface area (Å²) in [5, 5.41) is 0. The van der Waals surface area contributed by atoms with Crippen LogP contribution in [0.25, 0.3) is 33.4 Å². The molecule has 9 heteroatoms. The van der Waals surface area contributed by atoms with E-state index in [1.807, 2.05) is 24.3 Å². The molecule has 0 atom stereocenters. The second kappa shape index (κ2) is 12.6. The summed E-state index contributed by atoms with van der Waals surface area (Å²) in [5.74, 6) is -9.00. The maximum absolute atomic E-state index is 15.2. The van der Waals surface area contributed by atoms with Crippen LogP contribution in [0.1, 0.15) is 44.6 Å². The van der Waals surface area contributed by atoms with Gasteiger partial charge in [-0.2, -0.15) is 0 Å². The summed E-state index contributed by atoms with van der Waals surface area (Å²) in [6, 6.07) is 14.6. The SMILES string of the molecule is CCCCCC12COC(CCc3ccc(-c4ccc(-c5cc(F)c(-c6cc(F)c(F)c(F)c6)c(F)c5)c(F)c4)cc3)(OC1)OC2. The standard InChI is InChI=1S/C36H32F6O3/c1-2-3-4-12-35-19-43-36(44-20-35,45-21-35)13-11-22-5-7-23(8-6-22)24-9-10-27(28(37)14-24)25-15-29(38)33(30(39)16-25)26-17-31(40)34(42)32(41)18-26/h5-10,14-18H,2-4,11-13,19-21H2,1H3. The van der Waals surface area contributed by atoms with Gasteiger partial charge in [0.1, 0.15) is 17.5 Å². The first kappa shape index (κ1) is 31.3. The van der Waals surface area contributed by atoms with Gasteiger partial charge in [0.05, 0.1) is 25.4 Å². The molecule has 3 heterocycles. The summed E-state index contributed by atoms with van der Waals surface area (Å²) in [5.41, 5.74) is 0.836. The smallest absolute Gasteiger partial charge is 0.283 e. The molecule has 0 radical (unpaired) electrons. The predicted molar refractivity (Wildman–Crippen MR) is 158 cm³/mol. The van der Waals surface area contributed by atoms with Gasteiger partial charge in [-0.25, -0.2) is 26.3 Å². The Morgan fingerprint density at radius 1 is 0.578 bits per heavy atom. The molecule has 2 bridgehead atoms. The van der Waals surface area contributed by atoms with Crippen molar-refractivity contribution in [1.29, 1.82) is 0 Å². The third kappa shape index (κ3) is 6.39. The molecular formula is C36H32F6O3. The quantitative estimate of drug-likeness (QED) is 0.0997. The highest BCUT2D eigenvalue weighted by Gasteiger charge is 2.51. The summed E-state index contributed by atoms with van der Waals surface area (Å²) in [6.45, 7) is 4.08. The Bertz CT molecular complexity index is 1630. The van der Waals surface area contributed by atoms with Crippen molar-refractivity contribution in [3.8, 4) is 33.4 Å². The highest BCUT2D eigenvalue weighted by molar-refractivity contribution is 5.74. The fourth-order valence-electron chi connectivity index (χ4n) is 6.02. The van der Waals surface area contributed by atoms with Crippen molar-refractivity contribution in [3.63, 3.8) is 0 Å². The van der Waals surface area contributed by atoms with E-state index < -0.39 is 52.0 Å². The largest absolute Gasteiger partial charge is 0.327 e. The van der Waals surface area contributed by atoms with E-state index in [9.17, 15) is 22.0 Å². The Balaban J connectivity index is 1.12. The fourth-order valence-corrected chi connectivity index (χ4v) is 6.02. The lowest BCUT2D eigenvalue weighted by molar-refractivity contribution is -0.470. The van der Waals surface area contributed by atoms with Crippen LogP contribution in [0.4, 0.5) is 26.3 Å². The van der Waals surface area contributed by atoms with E-state index in [0.717, 1.165) is 42.5 Å². The zero-order valence-electron chi connectivity index (χ0n) is 24.7. The van der Waals surface area contributed by atoms with Crippen LogP contribution in [-0.2, 0) is 20.6 Å². The minimum Gasteiger partial charge on any atom is -0.327 e. The Morgan fingerprint density at radius 2 is 1.13 bits per heavy atom. The summed E-state index contributed by atoms with van der Waals surface area (Å²) < 4.78 is 104. The zero-order valence-corrected chi connectivity index (χ0v) is 24.7. The zero-order chi connectivity index (χ0) is 31.8. The van der Waals surface area contributed by atoms with E-state index in [0.29, 0.717) is 50.4 Å². The van der Waals surface area contributed by atoms with Gasteiger partial charge in [0.2, 0.25) is 0 Å². The van der Waals surface area contributed by atoms with Gasteiger partial charge in [0.15, 0.2) is 17.5 Å². The number of fused-ring (bicyclic) bond motifs is 3. The molecule has 0 spiro atoms. The molecule has 0 amide bonds. The first-order valence-electron chi connectivity index (χ1n) is 15.1. The van der Waals surface area contributed by atoms with Crippen molar-refractivity contribution < 1.29 is 40.6 Å². The molecule has 3 nitrogen and oxygen atoms in total. The molecule has 3 aliphatic rings. The molecular weight excluding hydrogens is 594 g/mol. The van der Waals surface area contributed by atoms with Crippen LogP contribution in [0, 0.1) is 40.3 Å². The van der Waals surface area contributed by atoms with Gasteiger partial charge in [-0.05, 0) is 71.0 Å². The lowest BCUT2D eigenvalue weighted by Gasteiger charge is -2.52. The van der Waals surface area contributed by atoms with Crippen molar-refractivity contribution in [2.24, 2.45) is 5.41 Å². The molecule has 236 valence electrons. The van der Waals surface area contributed by atoms with E-state index in [1.165, 1.54) is 18.6 Å². The third-order valence-corrected chi connectivity index (χ3v) is 8.71. The Kier molecular flexibility index (Phi) is 8.78. The number of hydrogen-bond acceptors (Lipinski definition) is 3. The molecule has 0 saturated carbocycles. The van der Waals surface area contributed by atoms with Crippen molar-refractivity contribution in [2.75, 3.05) is 19.8 Å². The Morgan fingerprint density at radius 3 is 1.71 bits per heavy atom. The molecule has 3 fully saturated rings. The number of unbranched alkanes of at least 4 members (excludes halogenated alkanes) is 2. The van der Waals surface area contributed by atoms with Crippen LogP contribution < -0.4 is 0 Å². The van der Waals surface area contributed by atoms with E-state index in [4.69, 9.17) is 14.2 Å². The second-order valence-corrected chi connectivity index (χ2v) is 12.0. The minimum atomic E-state index is -1.75. The highest BCUT2D eigenvalue weighted by Crippen LogP contribution is 2.43. The van der Waals surface area contributed by atoms with E-state index in [2.05, 4.69) is 6.92 Å². The summed E-state index contributed by atoms with van der Waals surface area (Å²) in [6.07, 6.45) is 5.70. The Hall–Kier alpha value is -3.66. The minimum absolute atomic E-state index is 0.0550. The Labute approximate surface area is 257 Å². The van der Waals surface area contributed by atoms with Crippen LogP contribution in [-0.4, -0.2) is 25.8 Å². The van der Waals surface area contributed by atoms with E-state index in [1.54, 1.807) is 6.07 Å². The monoisotopic (exact) mass is 626 g/mol. The highest BCUT2D eigenvalue weighted by atomic mass is 19.2. The average molecular weight is 627 g/mol. The van der Waals surface area contributed by atoms with Crippen LogP contribution in [0.5, 0.6) is 0 Å². The van der Waals surface area contributed by atoms with Crippen molar-refractivity contribution in [1.82, 2.24) is 0 Å². The molecule has 0 aliphatic carbocycles. The number of benzene rings is 4. The van der Waals surface area contributed by atoms with E-state index in [-0.39, 0.29) is 16.5 Å². The number of ether oxygens (including phenoxy) is 3. The molecule has 4 aromatic carbocycles. The maximum Gasteiger partial charge on any atom is 0.283 e. The average Bonchev–Trinajstić information content (AvgIpc) is 3.03. The normalized spacial score (nSPS) is 21.0. The molecule has 0 aromatic heterocycles. The number of aryl methyl sites for hydroxylation is 1. The molecule has 45 heavy (non-hydrogen) atoms. The van der Waals surface area contributed by atoms with Gasteiger partial charge in [0, 0.05) is 17.4 Å². The number of rotatable bonds is 10. The van der Waals surface area contributed by atoms with Crippen molar-refractivity contribution in [3.05, 3.63) is 107 Å². The van der Waals surface area contributed by atoms with E-state index >= 15 is 4.39 Å². The fraction of sp³-hybridized carbons (Fsp3) is 0.333. The molecule has 7 rings (SSSR count). The summed E-state index contributed by atoms with van der Waals surface area (Å²) in [4.78, 5) is 0. The molecule has 0 unspecified atom stereocenters. The lowest BCUT2D eigenvalue weighted by atomic mass is 9.83. The van der Waals surface area contributed by atoms with Gasteiger partial charge >= 0.3 is 0 Å². The summed E-state index contributed by atoms with van der Waals surface area (Å²) >= 11 is 0. The second-order valence-electron chi connectivity index (χ2n) is 12.0. The van der Waals surface area contributed by atoms with Crippen molar-refractivity contribution >= 4 is 0 Å². The van der Waals surface area contributed by atoms with Gasteiger partial charge in [0.25, 0.3) is 5.97 Å². The van der Waals surface area contributed by atoms with Crippen molar-refractivity contribution in [2.45, 2.75) is 51.4 Å². The molecule has 3 aliphatic heterocycles. The first-order valence-corrected chi connectivity index (χ1v) is 15.1. The van der Waals surface area contributed by atoms with Crippen LogP contribution in [0.15, 0.2) is 66.7 Å². The number of hydrogen-bond donors (Lipinski definition) is 0. The van der Waals surface area contributed by atoms with Crippen LogP contribution in [0.3, 0.4) is 0 Å². The summed E-state index contributed by atoms with van der Waals surface area (Å²) in [7, 11) is 0. The maximum atomic E-state index is 15.2. The number of halogens is 6.